The Hall–Kier alpha value is -3.91. The van der Waals surface area contributed by atoms with Crippen LogP contribution in [-0.4, -0.2) is 29.6 Å². The molecule has 192 valence electrons. The number of allylic oxidation sites excluding steroid dienone is 2. The average Bonchev–Trinajstić information content (AvgIpc) is 3.31. The Morgan fingerprint density at radius 1 is 0.973 bits per heavy atom. The molecule has 7 nitrogen and oxygen atoms in total. The molecule has 37 heavy (non-hydrogen) atoms. The van der Waals surface area contributed by atoms with Crippen molar-refractivity contribution >= 4 is 39.8 Å². The van der Waals surface area contributed by atoms with Crippen molar-refractivity contribution in [2.24, 2.45) is 0 Å². The third kappa shape index (κ3) is 7.07. The molecule has 0 fully saturated rings. The van der Waals surface area contributed by atoms with E-state index in [9.17, 15) is 14.4 Å². The van der Waals surface area contributed by atoms with E-state index in [1.165, 1.54) is 35.3 Å². The summed E-state index contributed by atoms with van der Waals surface area (Å²) in [5, 5.41) is 20.1. The number of carbonyl (C=O) groups excluding carboxylic acids is 2. The van der Waals surface area contributed by atoms with Crippen molar-refractivity contribution in [3.8, 4) is 0 Å². The Morgan fingerprint density at radius 2 is 1.68 bits per heavy atom. The van der Waals surface area contributed by atoms with Crippen LogP contribution in [-0.2, 0) is 4.79 Å². The summed E-state index contributed by atoms with van der Waals surface area (Å²) in [6.07, 6.45) is 6.81. The van der Waals surface area contributed by atoms with Crippen LogP contribution in [0.5, 0.6) is 0 Å². The Labute approximate surface area is 220 Å². The topological polar surface area (TPSA) is 108 Å². The van der Waals surface area contributed by atoms with E-state index in [0.717, 1.165) is 34.5 Å². The number of aryl methyl sites for hydroxylation is 1. The molecular formula is C29H31N3O4S. The highest BCUT2D eigenvalue weighted by atomic mass is 32.1. The van der Waals surface area contributed by atoms with Gasteiger partial charge in [-0.2, -0.15) is 0 Å². The zero-order valence-corrected chi connectivity index (χ0v) is 21.6. The Balaban J connectivity index is 1.54. The molecule has 3 amide bonds. The lowest BCUT2D eigenvalue weighted by Crippen LogP contribution is -2.33. The quantitative estimate of drug-likeness (QED) is 0.274. The fourth-order valence-corrected chi connectivity index (χ4v) is 5.15. The van der Waals surface area contributed by atoms with Gasteiger partial charge in [-0.3, -0.25) is 14.9 Å². The highest BCUT2D eigenvalue weighted by molar-refractivity contribution is 7.14. The number of hydrogen-bond acceptors (Lipinski definition) is 4. The van der Waals surface area contributed by atoms with Crippen molar-refractivity contribution in [1.82, 2.24) is 10.6 Å². The summed E-state index contributed by atoms with van der Waals surface area (Å²) in [5.74, 6) is -1.31. The molecule has 1 aromatic heterocycles. The fraction of sp³-hybridized carbons (Fsp3) is 0.276. The first-order chi connectivity index (χ1) is 17.9. The first-order valence-electron chi connectivity index (χ1n) is 12.4. The molecule has 2 aromatic carbocycles. The van der Waals surface area contributed by atoms with Gasteiger partial charge in [-0.15, -0.1) is 11.3 Å². The number of benzene rings is 2. The number of anilines is 1. The van der Waals surface area contributed by atoms with Gasteiger partial charge in [-0.1, -0.05) is 42.5 Å². The van der Waals surface area contributed by atoms with Crippen molar-refractivity contribution in [3.05, 3.63) is 93.9 Å². The number of nitrogens with one attached hydrogen (secondary N) is 3. The second-order valence-electron chi connectivity index (χ2n) is 9.08. The second-order valence-corrected chi connectivity index (χ2v) is 10.00. The Bertz CT molecular complexity index is 1280. The molecule has 0 saturated heterocycles. The summed E-state index contributed by atoms with van der Waals surface area (Å²) in [6, 6.07) is 16.5. The number of thiophene rings is 1. The van der Waals surface area contributed by atoms with Crippen LogP contribution in [0.2, 0.25) is 0 Å². The molecule has 1 atom stereocenters. The first kappa shape index (κ1) is 26.2. The highest BCUT2D eigenvalue weighted by Crippen LogP contribution is 2.29. The summed E-state index contributed by atoms with van der Waals surface area (Å²) in [6.45, 7) is 2.01. The van der Waals surface area contributed by atoms with Crippen molar-refractivity contribution in [3.63, 3.8) is 0 Å². The lowest BCUT2D eigenvalue weighted by atomic mass is 9.91. The number of hydrogen-bond donors (Lipinski definition) is 4. The van der Waals surface area contributed by atoms with Gasteiger partial charge in [0.05, 0.1) is 17.5 Å². The van der Waals surface area contributed by atoms with Gasteiger partial charge in [-0.05, 0) is 84.0 Å². The lowest BCUT2D eigenvalue weighted by Gasteiger charge is -2.21. The van der Waals surface area contributed by atoms with E-state index in [0.29, 0.717) is 5.56 Å². The van der Waals surface area contributed by atoms with Gasteiger partial charge in [0, 0.05) is 12.1 Å². The van der Waals surface area contributed by atoms with E-state index in [4.69, 9.17) is 5.11 Å². The fourth-order valence-electron chi connectivity index (χ4n) is 4.33. The number of aliphatic carboxylic acids is 1. The number of carboxylic acid groups (broad SMARTS) is 1. The van der Waals surface area contributed by atoms with Crippen molar-refractivity contribution in [2.45, 2.75) is 45.1 Å². The minimum atomic E-state index is -0.966. The van der Waals surface area contributed by atoms with E-state index in [2.05, 4.69) is 34.2 Å². The third-order valence-electron chi connectivity index (χ3n) is 6.40. The molecule has 4 N–H and O–H groups in total. The maximum absolute atomic E-state index is 12.9. The molecule has 8 heteroatoms. The van der Waals surface area contributed by atoms with Gasteiger partial charge in [0.25, 0.3) is 5.91 Å². The maximum Gasteiger partial charge on any atom is 0.320 e. The first-order valence-corrected chi connectivity index (χ1v) is 13.3. The number of urea groups is 1. The number of amides is 3. The van der Waals surface area contributed by atoms with Crippen LogP contribution in [0.3, 0.4) is 0 Å². The molecular weight excluding hydrogens is 486 g/mol. The molecule has 1 heterocycles. The zero-order chi connectivity index (χ0) is 26.2. The summed E-state index contributed by atoms with van der Waals surface area (Å²) in [4.78, 5) is 36.0. The Kier molecular flexibility index (Phi) is 8.74. The monoisotopic (exact) mass is 517 g/mol. The standard InChI is InChI=1S/C29H31N3O4S/c1-19-16-18-37-28(19)32-29(36)31-26(22-9-7-21(8-10-22)20-5-3-2-4-6-20)23-11-13-24(14-12-23)27(35)30-17-15-25(33)34/h5,7-14,16,18,26H,2-4,6,15,17H2,1H3,(H,30,35)(H,33,34)(H2,31,32,36). The summed E-state index contributed by atoms with van der Waals surface area (Å²) < 4.78 is 0. The predicted octanol–water partition coefficient (Wildman–Crippen LogP) is 6.13. The molecule has 1 unspecified atom stereocenters. The van der Waals surface area contributed by atoms with Gasteiger partial charge in [0.2, 0.25) is 0 Å². The van der Waals surface area contributed by atoms with E-state index in [-0.39, 0.29) is 24.9 Å². The largest absolute Gasteiger partial charge is 0.481 e. The Morgan fingerprint density at radius 3 is 2.27 bits per heavy atom. The molecule has 1 aliphatic rings. The van der Waals surface area contributed by atoms with E-state index in [1.807, 2.05) is 42.6 Å². The van der Waals surface area contributed by atoms with E-state index < -0.39 is 12.0 Å². The van der Waals surface area contributed by atoms with Crippen LogP contribution in [0.15, 0.2) is 66.1 Å². The van der Waals surface area contributed by atoms with Crippen molar-refractivity contribution in [1.29, 1.82) is 0 Å². The third-order valence-corrected chi connectivity index (χ3v) is 7.33. The van der Waals surface area contributed by atoms with Crippen LogP contribution in [0.4, 0.5) is 9.80 Å². The molecule has 3 aromatic rings. The van der Waals surface area contributed by atoms with Crippen LogP contribution in [0.25, 0.3) is 5.57 Å². The van der Waals surface area contributed by atoms with Crippen molar-refractivity contribution in [2.75, 3.05) is 11.9 Å². The predicted molar refractivity (Wildman–Crippen MR) is 147 cm³/mol. The lowest BCUT2D eigenvalue weighted by molar-refractivity contribution is -0.136. The minimum Gasteiger partial charge on any atom is -0.481 e. The normalized spacial score (nSPS) is 13.8. The smallest absolute Gasteiger partial charge is 0.320 e. The van der Waals surface area contributed by atoms with E-state index in [1.54, 1.807) is 12.1 Å². The molecule has 0 spiro atoms. The molecule has 0 saturated carbocycles. The van der Waals surface area contributed by atoms with Gasteiger partial charge < -0.3 is 15.7 Å². The van der Waals surface area contributed by atoms with Gasteiger partial charge >= 0.3 is 12.0 Å². The second kappa shape index (κ2) is 12.4. The number of carboxylic acids is 1. The maximum atomic E-state index is 12.9. The minimum absolute atomic E-state index is 0.0607. The number of carbonyl (C=O) groups is 3. The van der Waals surface area contributed by atoms with Crippen LogP contribution in [0.1, 0.15) is 70.8 Å². The summed E-state index contributed by atoms with van der Waals surface area (Å²) in [7, 11) is 0. The highest BCUT2D eigenvalue weighted by Gasteiger charge is 2.19. The van der Waals surface area contributed by atoms with E-state index >= 15 is 0 Å². The van der Waals surface area contributed by atoms with Crippen molar-refractivity contribution < 1.29 is 19.5 Å². The molecule has 1 aliphatic carbocycles. The number of rotatable bonds is 9. The van der Waals surface area contributed by atoms with Crippen LogP contribution in [0, 0.1) is 6.92 Å². The van der Waals surface area contributed by atoms with Gasteiger partial charge in [0.15, 0.2) is 0 Å². The molecule has 4 rings (SSSR count). The van der Waals surface area contributed by atoms with Crippen LogP contribution >= 0.6 is 11.3 Å². The molecule has 0 bridgehead atoms. The van der Waals surface area contributed by atoms with Gasteiger partial charge in [-0.25, -0.2) is 4.79 Å². The zero-order valence-electron chi connectivity index (χ0n) is 20.8. The molecule has 0 aliphatic heterocycles. The van der Waals surface area contributed by atoms with Crippen LogP contribution < -0.4 is 16.0 Å². The molecule has 0 radical (unpaired) electrons. The average molecular weight is 518 g/mol. The van der Waals surface area contributed by atoms with Gasteiger partial charge in [0.1, 0.15) is 0 Å². The SMILES string of the molecule is Cc1ccsc1NC(=O)NC(c1ccc(C(=O)NCCC(=O)O)cc1)c1ccc(C2=CCCCC2)cc1. The summed E-state index contributed by atoms with van der Waals surface area (Å²) >= 11 is 1.47. The summed E-state index contributed by atoms with van der Waals surface area (Å²) in [5.41, 5.74) is 5.74.